The fourth-order valence-corrected chi connectivity index (χ4v) is 2.69. The Morgan fingerprint density at radius 1 is 1.21 bits per heavy atom. The predicted molar refractivity (Wildman–Crippen MR) is 108 cm³/mol. The molecular formula is C21H27N5O2. The summed E-state index contributed by atoms with van der Waals surface area (Å²) >= 11 is 0. The average Bonchev–Trinajstić information content (AvgIpc) is 3.29. The van der Waals surface area contributed by atoms with E-state index < -0.39 is 0 Å². The first-order chi connectivity index (χ1) is 13.2. The molecule has 0 unspecified atom stereocenters. The molecule has 3 aromatic rings. The molecule has 0 aliphatic rings. The van der Waals surface area contributed by atoms with E-state index >= 15 is 0 Å². The highest BCUT2D eigenvalue weighted by molar-refractivity contribution is 5.90. The number of benzene rings is 1. The van der Waals surface area contributed by atoms with Crippen molar-refractivity contribution in [2.24, 2.45) is 0 Å². The molecule has 1 N–H and O–H groups in total. The van der Waals surface area contributed by atoms with Crippen molar-refractivity contribution < 1.29 is 9.32 Å². The second-order valence-corrected chi connectivity index (χ2v) is 8.18. The Morgan fingerprint density at radius 2 is 1.93 bits per heavy atom. The molecular weight excluding hydrogens is 354 g/mol. The van der Waals surface area contributed by atoms with Crippen LogP contribution in [0.4, 0.5) is 5.69 Å². The number of carbonyl (C=O) groups is 1. The van der Waals surface area contributed by atoms with E-state index in [9.17, 15) is 4.79 Å². The van der Waals surface area contributed by atoms with Crippen molar-refractivity contribution in [3.8, 4) is 11.4 Å². The Hall–Kier alpha value is -2.96. The molecule has 0 saturated heterocycles. The van der Waals surface area contributed by atoms with E-state index in [0.717, 1.165) is 5.56 Å². The minimum Gasteiger partial charge on any atom is -0.339 e. The van der Waals surface area contributed by atoms with Crippen molar-refractivity contribution in [1.29, 1.82) is 0 Å². The first kappa shape index (κ1) is 19.8. The van der Waals surface area contributed by atoms with Gasteiger partial charge < -0.3 is 9.84 Å². The third kappa shape index (κ3) is 4.85. The summed E-state index contributed by atoms with van der Waals surface area (Å²) in [5, 5.41) is 11.1. The second kappa shape index (κ2) is 7.96. The Morgan fingerprint density at radius 3 is 2.54 bits per heavy atom. The zero-order valence-corrected chi connectivity index (χ0v) is 17.1. The van der Waals surface area contributed by atoms with Crippen LogP contribution in [0.5, 0.6) is 0 Å². The number of nitrogens with zero attached hydrogens (tertiary/aromatic N) is 4. The van der Waals surface area contributed by atoms with Crippen molar-refractivity contribution in [1.82, 2.24) is 19.9 Å². The number of aryl methyl sites for hydroxylation is 1. The van der Waals surface area contributed by atoms with Crippen LogP contribution < -0.4 is 5.32 Å². The number of nitrogens with one attached hydrogen (secondary N) is 1. The molecule has 0 bridgehead atoms. The van der Waals surface area contributed by atoms with Gasteiger partial charge in [0.2, 0.25) is 17.6 Å². The largest absolute Gasteiger partial charge is 0.339 e. The van der Waals surface area contributed by atoms with Crippen molar-refractivity contribution in [2.45, 2.75) is 58.9 Å². The molecule has 1 aromatic carbocycles. The zero-order valence-electron chi connectivity index (χ0n) is 17.1. The summed E-state index contributed by atoms with van der Waals surface area (Å²) in [6.07, 6.45) is 4.11. The van der Waals surface area contributed by atoms with Crippen LogP contribution in [0.1, 0.15) is 58.4 Å². The lowest BCUT2D eigenvalue weighted by Crippen LogP contribution is -2.22. The molecule has 1 amide bonds. The number of carbonyl (C=O) groups excluding carboxylic acids is 1. The molecule has 0 atom stereocenters. The Bertz CT molecular complexity index is 932. The third-order valence-electron chi connectivity index (χ3n) is 4.42. The van der Waals surface area contributed by atoms with Crippen molar-refractivity contribution >= 4 is 11.6 Å². The van der Waals surface area contributed by atoms with Gasteiger partial charge >= 0.3 is 0 Å². The molecule has 2 heterocycles. The molecule has 0 radical (unpaired) electrons. The summed E-state index contributed by atoms with van der Waals surface area (Å²) in [5.74, 6) is 1.35. The van der Waals surface area contributed by atoms with Gasteiger partial charge in [-0.05, 0) is 32.3 Å². The van der Waals surface area contributed by atoms with Crippen LogP contribution >= 0.6 is 0 Å². The lowest BCUT2D eigenvalue weighted by Gasteiger charge is -2.18. The van der Waals surface area contributed by atoms with Gasteiger partial charge in [-0.1, -0.05) is 43.3 Å². The fraction of sp³-hybridized carbons (Fsp3) is 0.429. The van der Waals surface area contributed by atoms with Gasteiger partial charge in [-0.3, -0.25) is 9.48 Å². The smallest absolute Gasteiger partial charge is 0.227 e. The van der Waals surface area contributed by atoms with Crippen molar-refractivity contribution in [2.75, 3.05) is 5.32 Å². The summed E-state index contributed by atoms with van der Waals surface area (Å²) in [7, 11) is 0. The first-order valence-corrected chi connectivity index (χ1v) is 9.50. The number of hydrogen-bond acceptors (Lipinski definition) is 5. The highest BCUT2D eigenvalue weighted by atomic mass is 16.5. The quantitative estimate of drug-likeness (QED) is 0.685. The lowest BCUT2D eigenvalue weighted by atomic mass is 10.0. The van der Waals surface area contributed by atoms with E-state index in [4.69, 9.17) is 4.52 Å². The summed E-state index contributed by atoms with van der Waals surface area (Å²) in [6.45, 7) is 10.5. The van der Waals surface area contributed by atoms with Gasteiger partial charge in [0.15, 0.2) is 0 Å². The molecule has 0 fully saturated rings. The van der Waals surface area contributed by atoms with Gasteiger partial charge in [0.05, 0.1) is 17.4 Å². The third-order valence-corrected chi connectivity index (χ3v) is 4.42. The minimum atomic E-state index is -0.128. The van der Waals surface area contributed by atoms with Crippen LogP contribution in [0.15, 0.2) is 41.2 Å². The molecule has 3 rings (SSSR count). The van der Waals surface area contributed by atoms with Crippen molar-refractivity contribution in [3.05, 3.63) is 48.1 Å². The van der Waals surface area contributed by atoms with E-state index in [0.29, 0.717) is 29.7 Å². The normalized spacial score (nSPS) is 11.8. The molecule has 148 valence electrons. The van der Waals surface area contributed by atoms with Crippen LogP contribution in [0, 0.1) is 0 Å². The van der Waals surface area contributed by atoms with Gasteiger partial charge in [-0.2, -0.15) is 10.1 Å². The number of amides is 1. The van der Waals surface area contributed by atoms with Crippen LogP contribution in [-0.4, -0.2) is 25.8 Å². The Balaban J connectivity index is 1.55. The number of anilines is 1. The molecule has 28 heavy (non-hydrogen) atoms. The standard InChI is InChI=1S/C21H27N5O2/c1-14(2)15-6-8-16(9-7-15)20-24-19(28-25-20)11-10-18(27)23-17-12-22-26(13-17)21(3,4)5/h6-9,12-14H,10-11H2,1-5H3,(H,23,27). The van der Waals surface area contributed by atoms with Gasteiger partial charge in [-0.15, -0.1) is 0 Å². The number of rotatable bonds is 6. The van der Waals surface area contributed by atoms with Gasteiger partial charge in [0.1, 0.15) is 0 Å². The average molecular weight is 381 g/mol. The van der Waals surface area contributed by atoms with E-state index in [2.05, 4.69) is 67.3 Å². The molecule has 0 aliphatic carbocycles. The van der Waals surface area contributed by atoms with E-state index in [1.807, 2.05) is 23.0 Å². The van der Waals surface area contributed by atoms with E-state index in [-0.39, 0.29) is 17.9 Å². The van der Waals surface area contributed by atoms with Crippen LogP contribution in [0.25, 0.3) is 11.4 Å². The summed E-state index contributed by atoms with van der Waals surface area (Å²) < 4.78 is 7.11. The monoisotopic (exact) mass is 381 g/mol. The maximum Gasteiger partial charge on any atom is 0.227 e. The maximum atomic E-state index is 12.2. The maximum absolute atomic E-state index is 12.2. The minimum absolute atomic E-state index is 0.116. The van der Waals surface area contributed by atoms with E-state index in [1.54, 1.807) is 6.20 Å². The summed E-state index contributed by atoms with van der Waals surface area (Å²) in [5.41, 5.74) is 2.71. The van der Waals surface area contributed by atoms with Crippen LogP contribution in [0.2, 0.25) is 0 Å². The second-order valence-electron chi connectivity index (χ2n) is 8.18. The number of hydrogen-bond donors (Lipinski definition) is 1. The van der Waals surface area contributed by atoms with Crippen molar-refractivity contribution in [3.63, 3.8) is 0 Å². The molecule has 2 aromatic heterocycles. The predicted octanol–water partition coefficient (Wildman–Crippen LogP) is 4.38. The fourth-order valence-electron chi connectivity index (χ4n) is 2.69. The van der Waals surface area contributed by atoms with Crippen LogP contribution in [-0.2, 0) is 16.8 Å². The Labute approximate surface area is 165 Å². The topological polar surface area (TPSA) is 85.8 Å². The SMILES string of the molecule is CC(C)c1ccc(-c2noc(CCC(=O)Nc3cnn(C(C)(C)C)c3)n2)cc1. The molecule has 0 spiro atoms. The molecule has 7 heteroatoms. The van der Waals surface area contributed by atoms with Gasteiger partial charge in [0, 0.05) is 24.6 Å². The molecule has 0 aliphatic heterocycles. The van der Waals surface area contributed by atoms with Crippen LogP contribution in [0.3, 0.4) is 0 Å². The zero-order chi connectivity index (χ0) is 20.3. The highest BCUT2D eigenvalue weighted by Crippen LogP contribution is 2.21. The Kier molecular flexibility index (Phi) is 5.63. The highest BCUT2D eigenvalue weighted by Gasteiger charge is 2.15. The molecule has 0 saturated carbocycles. The van der Waals surface area contributed by atoms with E-state index in [1.165, 1.54) is 5.56 Å². The lowest BCUT2D eigenvalue weighted by molar-refractivity contribution is -0.116. The summed E-state index contributed by atoms with van der Waals surface area (Å²) in [6, 6.07) is 8.12. The van der Waals surface area contributed by atoms with Gasteiger partial charge in [-0.25, -0.2) is 0 Å². The molecule has 7 nitrogen and oxygen atoms in total. The van der Waals surface area contributed by atoms with Gasteiger partial charge in [0.25, 0.3) is 0 Å². The summed E-state index contributed by atoms with van der Waals surface area (Å²) in [4.78, 5) is 16.6. The number of aromatic nitrogens is 4. The first-order valence-electron chi connectivity index (χ1n) is 9.50.